The van der Waals surface area contributed by atoms with Crippen LogP contribution in [0.15, 0.2) is 6.07 Å². The van der Waals surface area contributed by atoms with E-state index in [2.05, 4.69) is 9.72 Å². The first-order valence-electron chi connectivity index (χ1n) is 4.01. The molecule has 0 aliphatic rings. The maximum Gasteiger partial charge on any atom is 0.356 e. The van der Waals surface area contributed by atoms with E-state index in [1.807, 2.05) is 0 Å². The van der Waals surface area contributed by atoms with Crippen LogP contribution in [0, 0.1) is 11.3 Å². The first kappa shape index (κ1) is 11.8. The molecular weight excluding hydrogens is 222 g/mol. The number of hydrogen-bond acceptors (Lipinski definition) is 4. The molecule has 0 saturated carbocycles. The summed E-state index contributed by atoms with van der Waals surface area (Å²) >= 11 is 0. The number of halogens is 2. The number of hydrogen-bond donors (Lipinski definition) is 1. The number of aromatic carboxylic acids is 1. The fourth-order valence-electron chi connectivity index (χ4n) is 1.08. The molecule has 7 heteroatoms. The SMILES string of the molecule is COc1nc(C(=O)O)c(C#N)cc1C(F)F. The average molecular weight is 228 g/mol. The minimum Gasteiger partial charge on any atom is -0.481 e. The summed E-state index contributed by atoms with van der Waals surface area (Å²) in [4.78, 5) is 14.0. The Balaban J connectivity index is 3.48. The highest BCUT2D eigenvalue weighted by molar-refractivity contribution is 5.88. The molecule has 0 spiro atoms. The van der Waals surface area contributed by atoms with Crippen molar-refractivity contribution < 1.29 is 23.4 Å². The standard InChI is InChI=1S/C9H6F2N2O3/c1-16-8-5(7(10)11)2-4(3-12)6(13-8)9(14)15/h2,7H,1H3,(H,14,15). The van der Waals surface area contributed by atoms with Crippen LogP contribution in [0.4, 0.5) is 8.78 Å². The second-order valence-electron chi connectivity index (χ2n) is 2.70. The van der Waals surface area contributed by atoms with E-state index in [0.29, 0.717) is 0 Å². The molecule has 16 heavy (non-hydrogen) atoms. The van der Waals surface area contributed by atoms with Gasteiger partial charge in [-0.2, -0.15) is 5.26 Å². The van der Waals surface area contributed by atoms with E-state index in [1.54, 1.807) is 0 Å². The van der Waals surface area contributed by atoms with Gasteiger partial charge in [0.15, 0.2) is 5.69 Å². The van der Waals surface area contributed by atoms with Crippen molar-refractivity contribution in [2.75, 3.05) is 7.11 Å². The zero-order chi connectivity index (χ0) is 12.3. The van der Waals surface area contributed by atoms with Crippen molar-refractivity contribution in [3.05, 3.63) is 22.9 Å². The third-order valence-electron chi connectivity index (χ3n) is 1.77. The zero-order valence-corrected chi connectivity index (χ0v) is 8.07. The number of carboxylic acid groups (broad SMARTS) is 1. The van der Waals surface area contributed by atoms with Crippen LogP contribution in [0.5, 0.6) is 5.88 Å². The van der Waals surface area contributed by atoms with E-state index >= 15 is 0 Å². The normalized spacial score (nSPS) is 9.94. The number of pyridine rings is 1. The molecule has 5 nitrogen and oxygen atoms in total. The topological polar surface area (TPSA) is 83.2 Å². The Morgan fingerprint density at radius 3 is 2.69 bits per heavy atom. The Labute approximate surface area is 88.9 Å². The van der Waals surface area contributed by atoms with E-state index in [1.165, 1.54) is 6.07 Å². The van der Waals surface area contributed by atoms with Gasteiger partial charge in [-0.3, -0.25) is 0 Å². The van der Waals surface area contributed by atoms with Gasteiger partial charge in [0.05, 0.1) is 18.2 Å². The fraction of sp³-hybridized carbons (Fsp3) is 0.222. The number of alkyl halides is 2. The minimum absolute atomic E-state index is 0.427. The van der Waals surface area contributed by atoms with Crippen LogP contribution in [0.1, 0.15) is 28.0 Å². The van der Waals surface area contributed by atoms with E-state index in [-0.39, 0.29) is 0 Å². The molecule has 0 aromatic carbocycles. The molecule has 84 valence electrons. The fourth-order valence-corrected chi connectivity index (χ4v) is 1.08. The first-order valence-corrected chi connectivity index (χ1v) is 4.01. The number of carbonyl (C=O) groups is 1. The summed E-state index contributed by atoms with van der Waals surface area (Å²) in [7, 11) is 1.09. The number of aromatic nitrogens is 1. The van der Waals surface area contributed by atoms with Gasteiger partial charge in [-0.1, -0.05) is 0 Å². The van der Waals surface area contributed by atoms with Crippen LogP contribution in [0.2, 0.25) is 0 Å². The summed E-state index contributed by atoms with van der Waals surface area (Å²) in [6.07, 6.45) is -2.89. The minimum atomic E-state index is -2.89. The van der Waals surface area contributed by atoms with Crippen LogP contribution in [-0.2, 0) is 0 Å². The maximum absolute atomic E-state index is 12.5. The van der Waals surface area contributed by atoms with Crippen molar-refractivity contribution in [1.82, 2.24) is 4.98 Å². The first-order chi connectivity index (χ1) is 7.51. The maximum atomic E-state index is 12.5. The number of methoxy groups -OCH3 is 1. The largest absolute Gasteiger partial charge is 0.481 e. The molecule has 0 fully saturated rings. The molecular formula is C9H6F2N2O3. The van der Waals surface area contributed by atoms with Crippen LogP contribution in [0.25, 0.3) is 0 Å². The lowest BCUT2D eigenvalue weighted by molar-refractivity contribution is 0.0688. The lowest BCUT2D eigenvalue weighted by Crippen LogP contribution is -2.08. The Bertz CT molecular complexity index is 469. The molecule has 0 radical (unpaired) electrons. The van der Waals surface area contributed by atoms with Gasteiger partial charge in [-0.25, -0.2) is 18.6 Å². The van der Waals surface area contributed by atoms with Crippen molar-refractivity contribution in [3.63, 3.8) is 0 Å². The second kappa shape index (κ2) is 4.53. The smallest absolute Gasteiger partial charge is 0.356 e. The molecule has 0 saturated heterocycles. The van der Waals surface area contributed by atoms with Crippen molar-refractivity contribution in [2.24, 2.45) is 0 Å². The number of carboxylic acids is 1. The molecule has 1 aromatic heterocycles. The zero-order valence-electron chi connectivity index (χ0n) is 8.07. The van der Waals surface area contributed by atoms with Gasteiger partial charge < -0.3 is 9.84 Å². The third-order valence-corrected chi connectivity index (χ3v) is 1.77. The van der Waals surface area contributed by atoms with Gasteiger partial charge in [0.2, 0.25) is 5.88 Å². The third kappa shape index (κ3) is 2.06. The van der Waals surface area contributed by atoms with Gasteiger partial charge in [0, 0.05) is 0 Å². The van der Waals surface area contributed by atoms with Crippen molar-refractivity contribution in [1.29, 1.82) is 5.26 Å². The summed E-state index contributed by atoms with van der Waals surface area (Å²) in [5.74, 6) is -1.97. The summed E-state index contributed by atoms with van der Waals surface area (Å²) in [5.41, 5.74) is -1.64. The van der Waals surface area contributed by atoms with E-state index in [9.17, 15) is 13.6 Å². The number of rotatable bonds is 3. The Morgan fingerprint density at radius 2 is 2.31 bits per heavy atom. The molecule has 1 heterocycles. The van der Waals surface area contributed by atoms with Crippen LogP contribution >= 0.6 is 0 Å². The number of nitrogens with zero attached hydrogens (tertiary/aromatic N) is 2. The van der Waals surface area contributed by atoms with Gasteiger partial charge in [0.25, 0.3) is 6.43 Å². The Morgan fingerprint density at radius 1 is 1.69 bits per heavy atom. The van der Waals surface area contributed by atoms with E-state index < -0.39 is 35.1 Å². The van der Waals surface area contributed by atoms with Crippen LogP contribution in [-0.4, -0.2) is 23.2 Å². The lowest BCUT2D eigenvalue weighted by atomic mass is 10.1. The predicted molar refractivity (Wildman–Crippen MR) is 47.4 cm³/mol. The molecule has 0 atom stereocenters. The van der Waals surface area contributed by atoms with Crippen molar-refractivity contribution in [2.45, 2.75) is 6.43 Å². The summed E-state index contributed by atoms with van der Waals surface area (Å²) in [6.45, 7) is 0. The van der Waals surface area contributed by atoms with Crippen molar-refractivity contribution >= 4 is 5.97 Å². The monoisotopic (exact) mass is 228 g/mol. The highest BCUT2D eigenvalue weighted by Crippen LogP contribution is 2.28. The average Bonchev–Trinajstić information content (AvgIpc) is 2.26. The summed E-state index contributed by atoms with van der Waals surface area (Å²) < 4.78 is 29.5. The molecule has 0 aliphatic carbocycles. The van der Waals surface area contributed by atoms with Gasteiger partial charge >= 0.3 is 5.97 Å². The van der Waals surface area contributed by atoms with Gasteiger partial charge in [0.1, 0.15) is 6.07 Å². The molecule has 0 aliphatic heterocycles. The number of ether oxygens (including phenoxy) is 1. The van der Waals surface area contributed by atoms with Gasteiger partial charge in [-0.05, 0) is 6.07 Å². The van der Waals surface area contributed by atoms with Crippen LogP contribution in [0.3, 0.4) is 0 Å². The molecule has 1 N–H and O–H groups in total. The van der Waals surface area contributed by atoms with Crippen molar-refractivity contribution in [3.8, 4) is 11.9 Å². The lowest BCUT2D eigenvalue weighted by Gasteiger charge is -2.08. The predicted octanol–water partition coefficient (Wildman–Crippen LogP) is 1.60. The molecule has 0 bridgehead atoms. The van der Waals surface area contributed by atoms with E-state index in [0.717, 1.165) is 13.2 Å². The quantitative estimate of drug-likeness (QED) is 0.849. The summed E-state index contributed by atoms with van der Waals surface area (Å²) in [5, 5.41) is 17.3. The Hall–Kier alpha value is -2.23. The summed E-state index contributed by atoms with van der Waals surface area (Å²) in [6, 6.07) is 2.26. The van der Waals surface area contributed by atoms with E-state index in [4.69, 9.17) is 10.4 Å². The molecule has 1 rings (SSSR count). The molecule has 0 unspecified atom stereocenters. The van der Waals surface area contributed by atoms with Gasteiger partial charge in [-0.15, -0.1) is 0 Å². The highest BCUT2D eigenvalue weighted by Gasteiger charge is 2.22. The molecule has 1 aromatic rings. The Kier molecular flexibility index (Phi) is 3.35. The highest BCUT2D eigenvalue weighted by atomic mass is 19.3. The van der Waals surface area contributed by atoms with Crippen LogP contribution < -0.4 is 4.74 Å². The number of nitriles is 1. The second-order valence-corrected chi connectivity index (χ2v) is 2.70. The molecule has 0 amide bonds.